The van der Waals surface area contributed by atoms with E-state index in [9.17, 15) is 9.90 Å². The minimum Gasteiger partial charge on any atom is -0.481 e. The SMILES string of the molecule is Cc1ccc(C(CC(=O)O)c2ccc3c(nnn3C)c2C)cc1C/C(=C/N)NCC1CCCCC1. The number of benzene rings is 2. The Labute approximate surface area is 207 Å². The van der Waals surface area contributed by atoms with Crippen molar-refractivity contribution < 1.29 is 9.90 Å². The number of nitrogens with zero attached hydrogens (tertiary/aromatic N) is 3. The van der Waals surface area contributed by atoms with Gasteiger partial charge in [0.1, 0.15) is 5.52 Å². The molecule has 7 heteroatoms. The van der Waals surface area contributed by atoms with Crippen LogP contribution in [0.3, 0.4) is 0 Å². The van der Waals surface area contributed by atoms with Gasteiger partial charge in [0, 0.05) is 37.8 Å². The van der Waals surface area contributed by atoms with E-state index >= 15 is 0 Å². The number of fused-ring (bicyclic) bond motifs is 1. The molecule has 2 aromatic carbocycles. The van der Waals surface area contributed by atoms with E-state index in [1.165, 1.54) is 37.7 Å². The molecule has 1 heterocycles. The second-order valence-electron chi connectivity index (χ2n) is 9.95. The molecule has 186 valence electrons. The smallest absolute Gasteiger partial charge is 0.304 e. The number of nitrogens with one attached hydrogen (secondary N) is 1. The molecule has 35 heavy (non-hydrogen) atoms. The summed E-state index contributed by atoms with van der Waals surface area (Å²) in [5, 5.41) is 21.8. The number of allylic oxidation sites excluding steroid dienone is 1. The van der Waals surface area contributed by atoms with Crippen molar-refractivity contribution in [3.63, 3.8) is 0 Å². The Kier molecular flexibility index (Phi) is 7.73. The molecule has 4 N–H and O–H groups in total. The maximum Gasteiger partial charge on any atom is 0.304 e. The van der Waals surface area contributed by atoms with E-state index in [2.05, 4.69) is 34.7 Å². The molecule has 0 radical (unpaired) electrons. The van der Waals surface area contributed by atoms with Crippen LogP contribution in [0.25, 0.3) is 11.0 Å². The van der Waals surface area contributed by atoms with Gasteiger partial charge in [0.2, 0.25) is 0 Å². The predicted octanol–water partition coefficient (Wildman–Crippen LogP) is 4.70. The fourth-order valence-electron chi connectivity index (χ4n) is 5.36. The average Bonchev–Trinajstić information content (AvgIpc) is 3.24. The van der Waals surface area contributed by atoms with Crippen molar-refractivity contribution in [3.8, 4) is 0 Å². The van der Waals surface area contributed by atoms with Crippen LogP contribution in [0, 0.1) is 19.8 Å². The highest BCUT2D eigenvalue weighted by atomic mass is 16.4. The van der Waals surface area contributed by atoms with Gasteiger partial charge in [0.25, 0.3) is 0 Å². The molecule has 0 amide bonds. The predicted molar refractivity (Wildman–Crippen MR) is 139 cm³/mol. The Morgan fingerprint density at radius 1 is 1.23 bits per heavy atom. The number of carbonyl (C=O) groups is 1. The first kappa shape index (κ1) is 24.8. The Morgan fingerprint density at radius 2 is 2.00 bits per heavy atom. The van der Waals surface area contributed by atoms with Crippen molar-refractivity contribution in [2.75, 3.05) is 6.54 Å². The monoisotopic (exact) mass is 475 g/mol. The van der Waals surface area contributed by atoms with Crippen LogP contribution in [0.5, 0.6) is 0 Å². The number of aliphatic carboxylic acids is 1. The Hall–Kier alpha value is -3.35. The first-order chi connectivity index (χ1) is 16.9. The second-order valence-corrected chi connectivity index (χ2v) is 9.95. The standard InChI is InChI=1S/C28H37N5O2/c1-18-9-10-21(13-22(18)14-23(16-29)30-17-20-7-5-4-6-8-20)25(15-27(34)35)24-11-12-26-28(19(24)2)31-32-33(26)3/h9-13,16,20,25,30H,4-8,14-15,17,29H2,1-3H3,(H,34,35)/b23-16-. The fraction of sp³-hybridized carbons (Fsp3) is 0.464. The minimum absolute atomic E-state index is 0.00856. The van der Waals surface area contributed by atoms with Crippen molar-refractivity contribution in [2.24, 2.45) is 18.7 Å². The summed E-state index contributed by atoms with van der Waals surface area (Å²) >= 11 is 0. The molecule has 1 aliphatic carbocycles. The van der Waals surface area contributed by atoms with Gasteiger partial charge in [-0.2, -0.15) is 0 Å². The van der Waals surface area contributed by atoms with Crippen molar-refractivity contribution in [2.45, 2.75) is 64.7 Å². The fourth-order valence-corrected chi connectivity index (χ4v) is 5.36. The maximum absolute atomic E-state index is 11.9. The van der Waals surface area contributed by atoms with Crippen LogP contribution in [0.4, 0.5) is 0 Å². The lowest BCUT2D eigenvalue weighted by Gasteiger charge is -2.24. The van der Waals surface area contributed by atoms with Crippen LogP contribution >= 0.6 is 0 Å². The highest BCUT2D eigenvalue weighted by Crippen LogP contribution is 2.34. The summed E-state index contributed by atoms with van der Waals surface area (Å²) in [4.78, 5) is 11.9. The van der Waals surface area contributed by atoms with Crippen LogP contribution in [-0.4, -0.2) is 32.6 Å². The van der Waals surface area contributed by atoms with Crippen LogP contribution in [-0.2, 0) is 18.3 Å². The number of aryl methyl sites for hydroxylation is 3. The number of hydrogen-bond acceptors (Lipinski definition) is 5. The van der Waals surface area contributed by atoms with Gasteiger partial charge in [-0.05, 0) is 66.5 Å². The average molecular weight is 476 g/mol. The third-order valence-electron chi connectivity index (χ3n) is 7.53. The summed E-state index contributed by atoms with van der Waals surface area (Å²) < 4.78 is 1.74. The summed E-state index contributed by atoms with van der Waals surface area (Å²) in [6.45, 7) is 5.05. The molecular formula is C28H37N5O2. The van der Waals surface area contributed by atoms with E-state index in [0.717, 1.165) is 45.5 Å². The highest BCUT2D eigenvalue weighted by molar-refractivity contribution is 5.80. The normalized spacial score (nSPS) is 15.9. The van der Waals surface area contributed by atoms with Gasteiger partial charge in [-0.3, -0.25) is 4.79 Å². The summed E-state index contributed by atoms with van der Waals surface area (Å²) in [6.07, 6.45) is 8.94. The molecule has 0 aliphatic heterocycles. The summed E-state index contributed by atoms with van der Waals surface area (Å²) in [7, 11) is 1.86. The van der Waals surface area contributed by atoms with Crippen LogP contribution < -0.4 is 11.1 Å². The van der Waals surface area contributed by atoms with Gasteiger partial charge in [0.05, 0.1) is 11.9 Å². The van der Waals surface area contributed by atoms with Gasteiger partial charge in [-0.1, -0.05) is 48.7 Å². The molecule has 1 aliphatic rings. The van der Waals surface area contributed by atoms with E-state index in [4.69, 9.17) is 5.73 Å². The number of hydrogen-bond donors (Lipinski definition) is 3. The number of carboxylic acid groups (broad SMARTS) is 1. The number of carboxylic acids is 1. The van der Waals surface area contributed by atoms with Crippen LogP contribution in [0.15, 0.2) is 42.2 Å². The molecule has 1 fully saturated rings. The second kappa shape index (κ2) is 10.9. The molecule has 7 nitrogen and oxygen atoms in total. The van der Waals surface area contributed by atoms with E-state index in [1.807, 2.05) is 32.2 Å². The zero-order valence-electron chi connectivity index (χ0n) is 21.1. The molecule has 3 aromatic rings. The summed E-state index contributed by atoms with van der Waals surface area (Å²) in [6, 6.07) is 10.3. The van der Waals surface area contributed by atoms with Crippen LogP contribution in [0.1, 0.15) is 72.3 Å². The first-order valence-corrected chi connectivity index (χ1v) is 12.6. The van der Waals surface area contributed by atoms with Gasteiger partial charge < -0.3 is 16.2 Å². The topological polar surface area (TPSA) is 106 Å². The molecule has 0 saturated heterocycles. The molecule has 1 atom stereocenters. The van der Waals surface area contributed by atoms with E-state index in [-0.39, 0.29) is 12.3 Å². The summed E-state index contributed by atoms with van der Waals surface area (Å²) in [5.41, 5.74) is 14.0. The van der Waals surface area contributed by atoms with Gasteiger partial charge in [-0.15, -0.1) is 5.10 Å². The Morgan fingerprint density at radius 3 is 2.71 bits per heavy atom. The number of nitrogens with two attached hydrogens (primary N) is 1. The summed E-state index contributed by atoms with van der Waals surface area (Å²) in [5.74, 6) is -0.392. The van der Waals surface area contributed by atoms with Crippen LogP contribution in [0.2, 0.25) is 0 Å². The lowest BCUT2D eigenvalue weighted by molar-refractivity contribution is -0.137. The zero-order valence-corrected chi connectivity index (χ0v) is 21.1. The quantitative estimate of drug-likeness (QED) is 0.414. The molecule has 0 spiro atoms. The van der Waals surface area contributed by atoms with Crippen molar-refractivity contribution in [1.82, 2.24) is 20.3 Å². The van der Waals surface area contributed by atoms with Gasteiger partial charge >= 0.3 is 5.97 Å². The van der Waals surface area contributed by atoms with E-state index in [0.29, 0.717) is 12.3 Å². The lowest BCUT2D eigenvalue weighted by atomic mass is 9.84. The maximum atomic E-state index is 11.9. The molecule has 1 unspecified atom stereocenters. The van der Waals surface area contributed by atoms with Crippen molar-refractivity contribution in [1.29, 1.82) is 0 Å². The number of rotatable bonds is 9. The van der Waals surface area contributed by atoms with Crippen molar-refractivity contribution >= 4 is 17.0 Å². The van der Waals surface area contributed by atoms with Gasteiger partial charge in [-0.25, -0.2) is 4.68 Å². The molecule has 0 bridgehead atoms. The third-order valence-corrected chi connectivity index (χ3v) is 7.53. The third kappa shape index (κ3) is 5.66. The molecular weight excluding hydrogens is 438 g/mol. The Bertz CT molecular complexity index is 1220. The molecule has 1 aromatic heterocycles. The Balaban J connectivity index is 1.61. The molecule has 4 rings (SSSR count). The largest absolute Gasteiger partial charge is 0.481 e. The first-order valence-electron chi connectivity index (χ1n) is 12.6. The minimum atomic E-state index is -0.826. The van der Waals surface area contributed by atoms with Gasteiger partial charge in [0.15, 0.2) is 0 Å². The number of aromatic nitrogens is 3. The molecule has 1 saturated carbocycles. The highest BCUT2D eigenvalue weighted by Gasteiger charge is 2.23. The van der Waals surface area contributed by atoms with E-state index in [1.54, 1.807) is 10.9 Å². The zero-order chi connectivity index (χ0) is 24.9. The van der Waals surface area contributed by atoms with Crippen molar-refractivity contribution in [3.05, 3.63) is 70.0 Å². The lowest BCUT2D eigenvalue weighted by Crippen LogP contribution is -2.25. The van der Waals surface area contributed by atoms with E-state index < -0.39 is 5.97 Å².